The Bertz CT molecular complexity index is 1750. The number of fused-ring (bicyclic) bond motifs is 1. The van der Waals surface area contributed by atoms with Crippen molar-refractivity contribution in [2.75, 3.05) is 43.6 Å². The molecule has 3 aliphatic rings. The van der Waals surface area contributed by atoms with Gasteiger partial charge in [0.2, 0.25) is 10.0 Å². The van der Waals surface area contributed by atoms with E-state index in [0.717, 1.165) is 42.6 Å². The van der Waals surface area contributed by atoms with E-state index in [-0.39, 0.29) is 40.5 Å². The molecule has 11 nitrogen and oxygen atoms in total. The summed E-state index contributed by atoms with van der Waals surface area (Å²) in [5, 5.41) is 15.4. The summed E-state index contributed by atoms with van der Waals surface area (Å²) in [5.41, 5.74) is 5.17. The van der Waals surface area contributed by atoms with Crippen LogP contribution in [-0.4, -0.2) is 67.5 Å². The van der Waals surface area contributed by atoms with Crippen molar-refractivity contribution in [3.8, 4) is 5.69 Å². The number of carbonyl (C=O) groups is 1. The van der Waals surface area contributed by atoms with Crippen molar-refractivity contribution in [2.24, 2.45) is 0 Å². The predicted octanol–water partition coefficient (Wildman–Crippen LogP) is 4.89. The van der Waals surface area contributed by atoms with E-state index in [1.165, 1.54) is 9.21 Å². The van der Waals surface area contributed by atoms with Gasteiger partial charge in [-0.3, -0.25) is 14.9 Å². The number of sulfonamides is 1. The molecule has 12 heteroatoms. The Labute approximate surface area is 250 Å². The third-order valence-corrected chi connectivity index (χ3v) is 10.6. The SMILES string of the molecule is Cc1cc(C=C2C(=O)N(C)c3ccc(S(=O)(=O)N4CCOCC4)cc32)c(C)n1-c1ccc(NC2CCCC2)c([N+](=O)[O-])c1. The van der Waals surface area contributed by atoms with Gasteiger partial charge < -0.3 is 19.5 Å². The lowest BCUT2D eigenvalue weighted by atomic mass is 10.0. The number of nitro groups is 1. The van der Waals surface area contributed by atoms with Crippen LogP contribution >= 0.6 is 0 Å². The number of hydrogen-bond acceptors (Lipinski definition) is 7. The number of nitrogens with zero attached hydrogens (tertiary/aromatic N) is 4. The van der Waals surface area contributed by atoms with E-state index in [9.17, 15) is 23.3 Å². The monoisotopic (exact) mass is 605 g/mol. The second kappa shape index (κ2) is 11.3. The quantitative estimate of drug-likeness (QED) is 0.231. The lowest BCUT2D eigenvalue weighted by Crippen LogP contribution is -2.40. The van der Waals surface area contributed by atoms with Crippen LogP contribution in [0.2, 0.25) is 0 Å². The Morgan fingerprint density at radius 3 is 2.47 bits per heavy atom. The first kappa shape index (κ1) is 29.1. The molecule has 1 N–H and O–H groups in total. The fourth-order valence-electron chi connectivity index (χ4n) is 6.37. The van der Waals surface area contributed by atoms with E-state index in [0.29, 0.717) is 41.4 Å². The molecule has 0 radical (unpaired) electrons. The summed E-state index contributed by atoms with van der Waals surface area (Å²) in [4.78, 5) is 26.7. The molecule has 1 saturated carbocycles. The van der Waals surface area contributed by atoms with Crippen molar-refractivity contribution in [2.45, 2.75) is 50.5 Å². The lowest BCUT2D eigenvalue weighted by molar-refractivity contribution is -0.384. The van der Waals surface area contributed by atoms with Crippen molar-refractivity contribution in [1.29, 1.82) is 0 Å². The second-order valence-electron chi connectivity index (χ2n) is 11.4. The summed E-state index contributed by atoms with van der Waals surface area (Å²) in [6.45, 7) is 5.06. The number of hydrogen-bond donors (Lipinski definition) is 1. The highest BCUT2D eigenvalue weighted by Gasteiger charge is 2.34. The van der Waals surface area contributed by atoms with Gasteiger partial charge in [-0.05, 0) is 74.7 Å². The number of aryl methyl sites for hydroxylation is 1. The van der Waals surface area contributed by atoms with Crippen molar-refractivity contribution >= 4 is 44.6 Å². The van der Waals surface area contributed by atoms with Crippen molar-refractivity contribution in [1.82, 2.24) is 8.87 Å². The van der Waals surface area contributed by atoms with Gasteiger partial charge in [0.15, 0.2) is 0 Å². The molecule has 0 bridgehead atoms. The fourth-order valence-corrected chi connectivity index (χ4v) is 7.81. The van der Waals surface area contributed by atoms with Crippen molar-refractivity contribution < 1.29 is 22.9 Å². The zero-order chi connectivity index (χ0) is 30.5. The molecule has 6 rings (SSSR count). The van der Waals surface area contributed by atoms with Gasteiger partial charge in [0, 0.05) is 54.8 Å². The maximum atomic E-state index is 13.4. The molecule has 3 aromatic rings. The minimum atomic E-state index is -3.75. The van der Waals surface area contributed by atoms with E-state index in [2.05, 4.69) is 5.32 Å². The van der Waals surface area contributed by atoms with E-state index >= 15 is 0 Å². The molecule has 0 unspecified atom stereocenters. The Hall–Kier alpha value is -4.00. The van der Waals surface area contributed by atoms with Crippen LogP contribution in [0.25, 0.3) is 17.3 Å². The number of benzene rings is 2. The Balaban J connectivity index is 1.37. The van der Waals surface area contributed by atoms with E-state index < -0.39 is 10.0 Å². The molecule has 0 atom stereocenters. The molecule has 1 saturated heterocycles. The van der Waals surface area contributed by atoms with Crippen LogP contribution < -0.4 is 10.2 Å². The Morgan fingerprint density at radius 1 is 1.05 bits per heavy atom. The molecule has 2 aromatic carbocycles. The lowest BCUT2D eigenvalue weighted by Gasteiger charge is -2.26. The number of morpholine rings is 1. The normalized spacial score (nSPS) is 18.9. The van der Waals surface area contributed by atoms with Crippen molar-refractivity contribution in [3.63, 3.8) is 0 Å². The average Bonchev–Trinajstić information content (AvgIpc) is 3.67. The third-order valence-electron chi connectivity index (χ3n) is 8.68. The average molecular weight is 606 g/mol. The summed E-state index contributed by atoms with van der Waals surface area (Å²) >= 11 is 0. The summed E-state index contributed by atoms with van der Waals surface area (Å²) in [6, 6.07) is 12.2. The number of carbonyl (C=O) groups excluding carboxylic acids is 1. The third kappa shape index (κ3) is 5.23. The van der Waals surface area contributed by atoms with Gasteiger partial charge in [-0.1, -0.05) is 12.8 Å². The van der Waals surface area contributed by atoms with Crippen molar-refractivity contribution in [3.05, 3.63) is 75.1 Å². The van der Waals surface area contributed by atoms with Crippen LogP contribution in [0.5, 0.6) is 0 Å². The second-order valence-corrected chi connectivity index (χ2v) is 13.3. The standard InChI is InChI=1S/C31H35N5O6S/c1-20-16-22(21(2)35(20)24-8-10-28(30(18-24)36(38)39)32-23-6-4-5-7-23)17-27-26-19-25(9-11-29(26)33(3)31(27)37)43(40,41)34-12-14-42-15-13-34/h8-11,16-19,23,32H,4-7,12-15H2,1-3H3. The molecular weight excluding hydrogens is 570 g/mol. The van der Waals surface area contributed by atoms with Gasteiger partial charge in [-0.15, -0.1) is 0 Å². The molecular formula is C31H35N5O6S. The summed E-state index contributed by atoms with van der Waals surface area (Å²) in [5.74, 6) is -0.237. The number of ether oxygens (including phenoxy) is 1. The number of amides is 1. The molecule has 3 heterocycles. The fraction of sp³-hybridized carbons (Fsp3) is 0.387. The van der Waals surface area contributed by atoms with Gasteiger partial charge in [0.25, 0.3) is 11.6 Å². The molecule has 43 heavy (non-hydrogen) atoms. The smallest absolute Gasteiger partial charge is 0.294 e. The van der Waals surface area contributed by atoms with Gasteiger partial charge in [-0.25, -0.2) is 8.42 Å². The molecule has 2 aliphatic heterocycles. The highest BCUT2D eigenvalue weighted by Crippen LogP contribution is 2.40. The zero-order valence-electron chi connectivity index (χ0n) is 24.5. The van der Waals surface area contributed by atoms with Crippen LogP contribution in [0.1, 0.15) is 48.2 Å². The predicted molar refractivity (Wildman–Crippen MR) is 165 cm³/mol. The molecule has 226 valence electrons. The molecule has 2 fully saturated rings. The van der Waals surface area contributed by atoms with Crippen LogP contribution in [0.15, 0.2) is 47.4 Å². The van der Waals surface area contributed by atoms with E-state index in [1.807, 2.05) is 30.5 Å². The molecule has 1 aromatic heterocycles. The number of rotatable bonds is 7. The molecule has 1 amide bonds. The minimum absolute atomic E-state index is 0.0207. The maximum Gasteiger partial charge on any atom is 0.294 e. The number of nitrogens with one attached hydrogen (secondary N) is 1. The first-order valence-corrected chi connectivity index (χ1v) is 16.0. The number of anilines is 2. The van der Waals surface area contributed by atoms with Crippen LogP contribution in [0.3, 0.4) is 0 Å². The van der Waals surface area contributed by atoms with E-state index in [4.69, 9.17) is 4.74 Å². The maximum absolute atomic E-state index is 13.4. The van der Waals surface area contributed by atoms with Gasteiger partial charge >= 0.3 is 0 Å². The number of aromatic nitrogens is 1. The van der Waals surface area contributed by atoms with Gasteiger partial charge in [0.05, 0.1) is 34.4 Å². The minimum Gasteiger partial charge on any atom is -0.379 e. The number of likely N-dealkylation sites (N-methyl/N-ethyl adjacent to an activating group) is 1. The molecule has 1 aliphatic carbocycles. The topological polar surface area (TPSA) is 127 Å². The highest BCUT2D eigenvalue weighted by atomic mass is 32.2. The van der Waals surface area contributed by atoms with Gasteiger partial charge in [0.1, 0.15) is 5.69 Å². The summed E-state index contributed by atoms with van der Waals surface area (Å²) in [7, 11) is -2.08. The van der Waals surface area contributed by atoms with Crippen LogP contribution in [-0.2, 0) is 19.6 Å². The number of nitro benzene ring substituents is 1. The van der Waals surface area contributed by atoms with E-state index in [1.54, 1.807) is 43.5 Å². The highest BCUT2D eigenvalue weighted by molar-refractivity contribution is 7.89. The summed E-state index contributed by atoms with van der Waals surface area (Å²) in [6.07, 6.45) is 6.03. The Morgan fingerprint density at radius 2 is 1.77 bits per heavy atom. The summed E-state index contributed by atoms with van der Waals surface area (Å²) < 4.78 is 35.4. The molecule has 0 spiro atoms. The van der Waals surface area contributed by atoms with Crippen LogP contribution in [0, 0.1) is 24.0 Å². The first-order valence-electron chi connectivity index (χ1n) is 14.5. The van der Waals surface area contributed by atoms with Crippen LogP contribution in [0.4, 0.5) is 17.1 Å². The Kier molecular flexibility index (Phi) is 7.61. The van der Waals surface area contributed by atoms with Gasteiger partial charge in [-0.2, -0.15) is 4.31 Å². The first-order chi connectivity index (χ1) is 20.6. The largest absolute Gasteiger partial charge is 0.379 e. The zero-order valence-corrected chi connectivity index (χ0v) is 25.3.